The Morgan fingerprint density at radius 2 is 2.31 bits per heavy atom. The van der Waals surface area contributed by atoms with Crippen LogP contribution in [-0.2, 0) is 4.79 Å². The van der Waals surface area contributed by atoms with Crippen molar-refractivity contribution < 1.29 is 9.53 Å². The van der Waals surface area contributed by atoms with Crippen LogP contribution in [0.4, 0.5) is 0 Å². The Hall–Kier alpha value is -0.900. The monoisotopic (exact) mass is 199 g/mol. The highest BCUT2D eigenvalue weighted by atomic mass is 32.1. The van der Waals surface area contributed by atoms with E-state index in [0.29, 0.717) is 11.6 Å². The Bertz CT molecular complexity index is 274. The van der Waals surface area contributed by atoms with Crippen LogP contribution in [0, 0.1) is 5.41 Å². The molecule has 1 aromatic rings. The van der Waals surface area contributed by atoms with Gasteiger partial charge in [0.05, 0.1) is 6.42 Å². The molecule has 0 unspecified atom stereocenters. The number of aromatic nitrogens is 1. The van der Waals surface area contributed by atoms with E-state index in [0.717, 1.165) is 0 Å². The fraction of sp³-hybridized carbons (Fsp3) is 0.556. The summed E-state index contributed by atoms with van der Waals surface area (Å²) in [5.41, 5.74) is -0.0334. The van der Waals surface area contributed by atoms with Gasteiger partial charge in [-0.25, -0.2) is 4.98 Å². The molecule has 3 nitrogen and oxygen atoms in total. The molecule has 4 heteroatoms. The zero-order valence-corrected chi connectivity index (χ0v) is 8.85. The largest absolute Gasteiger partial charge is 0.398 e. The molecule has 0 aliphatic heterocycles. The molecule has 1 heterocycles. The molecule has 0 saturated heterocycles. The van der Waals surface area contributed by atoms with Gasteiger partial charge in [0.25, 0.3) is 5.19 Å². The highest BCUT2D eigenvalue weighted by Gasteiger charge is 2.18. The van der Waals surface area contributed by atoms with Gasteiger partial charge in [0.15, 0.2) is 0 Å². The van der Waals surface area contributed by atoms with E-state index in [9.17, 15) is 4.79 Å². The van der Waals surface area contributed by atoms with Gasteiger partial charge in [-0.15, -0.1) is 0 Å². The SMILES string of the molecule is CC(C)(C)CC(=O)Oc1nccs1. The van der Waals surface area contributed by atoms with Gasteiger partial charge in [-0.2, -0.15) is 0 Å². The third-order valence-corrected chi connectivity index (χ3v) is 1.93. The minimum atomic E-state index is -0.220. The highest BCUT2D eigenvalue weighted by Crippen LogP contribution is 2.21. The molecule has 0 aromatic carbocycles. The van der Waals surface area contributed by atoms with Crippen molar-refractivity contribution in [2.75, 3.05) is 0 Å². The quantitative estimate of drug-likeness (QED) is 0.687. The van der Waals surface area contributed by atoms with E-state index in [1.165, 1.54) is 11.3 Å². The van der Waals surface area contributed by atoms with E-state index in [4.69, 9.17) is 4.74 Å². The van der Waals surface area contributed by atoms with E-state index < -0.39 is 0 Å². The van der Waals surface area contributed by atoms with Crippen molar-refractivity contribution >= 4 is 17.3 Å². The molecule has 0 saturated carbocycles. The van der Waals surface area contributed by atoms with Gasteiger partial charge < -0.3 is 4.74 Å². The van der Waals surface area contributed by atoms with Gasteiger partial charge in [0, 0.05) is 11.6 Å². The van der Waals surface area contributed by atoms with Gasteiger partial charge in [-0.1, -0.05) is 32.1 Å². The summed E-state index contributed by atoms with van der Waals surface area (Å²) >= 11 is 1.32. The first-order valence-corrected chi connectivity index (χ1v) is 4.95. The number of nitrogens with zero attached hydrogens (tertiary/aromatic N) is 1. The smallest absolute Gasteiger partial charge is 0.313 e. The lowest BCUT2D eigenvalue weighted by molar-refractivity contribution is -0.136. The lowest BCUT2D eigenvalue weighted by Crippen LogP contribution is -2.17. The summed E-state index contributed by atoms with van der Waals surface area (Å²) in [6, 6.07) is 0. The van der Waals surface area contributed by atoms with Crippen LogP contribution < -0.4 is 4.74 Å². The van der Waals surface area contributed by atoms with Crippen LogP contribution in [0.25, 0.3) is 0 Å². The van der Waals surface area contributed by atoms with Crippen LogP contribution in [-0.4, -0.2) is 11.0 Å². The first-order valence-electron chi connectivity index (χ1n) is 4.07. The molecule has 0 spiro atoms. The Balaban J connectivity index is 2.43. The number of carbonyl (C=O) groups is 1. The fourth-order valence-corrected chi connectivity index (χ4v) is 1.33. The molecule has 72 valence electrons. The summed E-state index contributed by atoms with van der Waals surface area (Å²) in [5, 5.41) is 2.20. The van der Waals surface area contributed by atoms with E-state index in [1.54, 1.807) is 11.6 Å². The Morgan fingerprint density at radius 3 is 2.77 bits per heavy atom. The van der Waals surface area contributed by atoms with Crippen molar-refractivity contribution in [1.29, 1.82) is 0 Å². The molecule has 1 aromatic heterocycles. The number of carbonyl (C=O) groups excluding carboxylic acids is 1. The molecule has 0 aliphatic rings. The standard InChI is InChI=1S/C9H13NO2S/c1-9(2,3)6-7(11)12-8-10-4-5-13-8/h4-5H,6H2,1-3H3. The molecule has 0 fully saturated rings. The molecule has 0 radical (unpaired) electrons. The maximum absolute atomic E-state index is 11.3. The van der Waals surface area contributed by atoms with Gasteiger partial charge in [-0.05, 0) is 5.41 Å². The fourth-order valence-electron chi connectivity index (χ4n) is 0.827. The Labute approximate surface area is 81.8 Å². The summed E-state index contributed by atoms with van der Waals surface area (Å²) < 4.78 is 5.00. The number of ether oxygens (including phenoxy) is 1. The summed E-state index contributed by atoms with van der Waals surface area (Å²) in [5.74, 6) is -0.220. The molecule has 0 amide bonds. The number of hydrogen-bond donors (Lipinski definition) is 0. The Morgan fingerprint density at radius 1 is 1.62 bits per heavy atom. The minimum Gasteiger partial charge on any atom is -0.398 e. The molecule has 0 aliphatic carbocycles. The van der Waals surface area contributed by atoms with Crippen molar-refractivity contribution in [3.63, 3.8) is 0 Å². The molecular formula is C9H13NO2S. The minimum absolute atomic E-state index is 0.0334. The predicted octanol–water partition coefficient (Wildman–Crippen LogP) is 2.48. The highest BCUT2D eigenvalue weighted by molar-refractivity contribution is 7.11. The van der Waals surface area contributed by atoms with Crippen molar-refractivity contribution in [3.05, 3.63) is 11.6 Å². The normalized spacial score (nSPS) is 11.3. The average molecular weight is 199 g/mol. The number of esters is 1. The maximum Gasteiger partial charge on any atom is 0.313 e. The lowest BCUT2D eigenvalue weighted by Gasteiger charge is -2.15. The van der Waals surface area contributed by atoms with Gasteiger partial charge in [0.2, 0.25) is 0 Å². The van der Waals surface area contributed by atoms with Gasteiger partial charge >= 0.3 is 5.97 Å². The summed E-state index contributed by atoms with van der Waals surface area (Å²) in [4.78, 5) is 15.1. The first-order chi connectivity index (χ1) is 5.97. The van der Waals surface area contributed by atoms with Crippen LogP contribution in [0.15, 0.2) is 11.6 Å². The molecular weight excluding hydrogens is 186 g/mol. The van der Waals surface area contributed by atoms with E-state index in [-0.39, 0.29) is 11.4 Å². The molecule has 0 N–H and O–H groups in total. The topological polar surface area (TPSA) is 39.2 Å². The summed E-state index contributed by atoms with van der Waals surface area (Å²) in [6.07, 6.45) is 2.02. The third kappa shape index (κ3) is 4.03. The molecule has 13 heavy (non-hydrogen) atoms. The summed E-state index contributed by atoms with van der Waals surface area (Å²) in [7, 11) is 0. The average Bonchev–Trinajstić information content (AvgIpc) is 2.34. The van der Waals surface area contributed by atoms with Gasteiger partial charge in [0.1, 0.15) is 0 Å². The van der Waals surface area contributed by atoms with E-state index in [2.05, 4.69) is 4.98 Å². The van der Waals surface area contributed by atoms with Crippen LogP contribution in [0.2, 0.25) is 0 Å². The van der Waals surface area contributed by atoms with Crippen molar-refractivity contribution in [2.24, 2.45) is 5.41 Å². The van der Waals surface area contributed by atoms with E-state index in [1.807, 2.05) is 20.8 Å². The molecule has 0 bridgehead atoms. The van der Waals surface area contributed by atoms with E-state index >= 15 is 0 Å². The van der Waals surface area contributed by atoms with Crippen LogP contribution in [0.1, 0.15) is 27.2 Å². The van der Waals surface area contributed by atoms with Crippen LogP contribution in [0.5, 0.6) is 5.19 Å². The second-order valence-electron chi connectivity index (χ2n) is 4.01. The first kappa shape index (κ1) is 10.2. The van der Waals surface area contributed by atoms with Crippen LogP contribution >= 0.6 is 11.3 Å². The van der Waals surface area contributed by atoms with Gasteiger partial charge in [-0.3, -0.25) is 4.79 Å². The maximum atomic E-state index is 11.3. The number of thiazole rings is 1. The Kier molecular flexibility index (Phi) is 3.03. The zero-order valence-electron chi connectivity index (χ0n) is 8.03. The third-order valence-electron chi connectivity index (χ3n) is 1.29. The van der Waals surface area contributed by atoms with Crippen molar-refractivity contribution in [1.82, 2.24) is 4.98 Å². The number of rotatable bonds is 2. The van der Waals surface area contributed by atoms with Crippen LogP contribution in [0.3, 0.4) is 0 Å². The molecule has 0 atom stereocenters. The lowest BCUT2D eigenvalue weighted by atomic mass is 9.93. The predicted molar refractivity (Wildman–Crippen MR) is 51.8 cm³/mol. The van der Waals surface area contributed by atoms with Crippen molar-refractivity contribution in [3.8, 4) is 5.19 Å². The molecule has 1 rings (SSSR count). The van der Waals surface area contributed by atoms with Crippen molar-refractivity contribution in [2.45, 2.75) is 27.2 Å². The number of hydrogen-bond acceptors (Lipinski definition) is 4. The zero-order chi connectivity index (χ0) is 9.90. The second kappa shape index (κ2) is 3.87. The summed E-state index contributed by atoms with van der Waals surface area (Å²) in [6.45, 7) is 5.99. The second-order valence-corrected chi connectivity index (χ2v) is 4.87.